The van der Waals surface area contributed by atoms with Gasteiger partial charge in [0.25, 0.3) is 0 Å². The van der Waals surface area contributed by atoms with Crippen LogP contribution in [-0.4, -0.2) is 15.7 Å². The van der Waals surface area contributed by atoms with Gasteiger partial charge in [-0.05, 0) is 31.0 Å². The number of nitrogens with two attached hydrogens (primary N) is 1. The molecular formula is C11H18N2O. The smallest absolute Gasteiger partial charge is 0.123 e. The Labute approximate surface area is 85.0 Å². The zero-order valence-corrected chi connectivity index (χ0v) is 8.83. The van der Waals surface area contributed by atoms with Crippen LogP contribution in [0.4, 0.5) is 5.82 Å². The molecule has 78 valence electrons. The summed E-state index contributed by atoms with van der Waals surface area (Å²) in [7, 11) is 0. The molecule has 3 nitrogen and oxygen atoms in total. The Hall–Kier alpha value is -1.09. The lowest BCUT2D eigenvalue weighted by Crippen LogP contribution is -2.26. The van der Waals surface area contributed by atoms with Gasteiger partial charge in [0.1, 0.15) is 5.82 Å². The first-order valence-corrected chi connectivity index (χ1v) is 4.96. The summed E-state index contributed by atoms with van der Waals surface area (Å²) in [5, 5.41) is 10.00. The lowest BCUT2D eigenvalue weighted by Gasteiger charge is -2.22. The molecule has 0 aliphatic rings. The van der Waals surface area contributed by atoms with E-state index in [1.165, 1.54) is 0 Å². The average Bonchev–Trinajstić information content (AvgIpc) is 2.02. The van der Waals surface area contributed by atoms with Gasteiger partial charge in [-0.2, -0.15) is 0 Å². The highest BCUT2D eigenvalue weighted by molar-refractivity contribution is 5.32. The van der Waals surface area contributed by atoms with E-state index < -0.39 is 5.60 Å². The Kier molecular flexibility index (Phi) is 3.47. The van der Waals surface area contributed by atoms with Crippen LogP contribution in [0.3, 0.4) is 0 Å². The first-order chi connectivity index (χ1) is 6.53. The van der Waals surface area contributed by atoms with Crippen molar-refractivity contribution in [3.8, 4) is 0 Å². The van der Waals surface area contributed by atoms with E-state index in [0.717, 1.165) is 18.4 Å². The zero-order valence-electron chi connectivity index (χ0n) is 8.83. The summed E-state index contributed by atoms with van der Waals surface area (Å²) in [6, 6.07) is 3.70. The Morgan fingerprint density at radius 1 is 1.57 bits per heavy atom. The Bertz CT molecular complexity index is 297. The van der Waals surface area contributed by atoms with Crippen LogP contribution in [0.2, 0.25) is 0 Å². The quantitative estimate of drug-likeness (QED) is 0.767. The molecule has 1 heterocycles. The molecular weight excluding hydrogens is 176 g/mol. The van der Waals surface area contributed by atoms with Gasteiger partial charge in [-0.1, -0.05) is 13.3 Å². The molecule has 0 aliphatic heterocycles. The van der Waals surface area contributed by atoms with Crippen molar-refractivity contribution >= 4 is 5.82 Å². The molecule has 1 rings (SSSR count). The molecule has 0 spiro atoms. The molecule has 0 saturated carbocycles. The van der Waals surface area contributed by atoms with Gasteiger partial charge in [-0.25, -0.2) is 4.98 Å². The number of aromatic nitrogens is 1. The fourth-order valence-electron chi connectivity index (χ4n) is 1.67. The number of nitrogens with zero attached hydrogens (tertiary/aromatic N) is 1. The third-order valence-corrected chi connectivity index (χ3v) is 2.22. The molecule has 1 unspecified atom stereocenters. The fourth-order valence-corrected chi connectivity index (χ4v) is 1.67. The maximum absolute atomic E-state index is 10.00. The van der Waals surface area contributed by atoms with Crippen LogP contribution >= 0.6 is 0 Å². The second-order valence-corrected chi connectivity index (χ2v) is 4.01. The zero-order chi connectivity index (χ0) is 10.6. The van der Waals surface area contributed by atoms with Gasteiger partial charge in [0.2, 0.25) is 0 Å². The van der Waals surface area contributed by atoms with E-state index in [1.54, 1.807) is 6.20 Å². The van der Waals surface area contributed by atoms with Crippen molar-refractivity contribution in [3.05, 3.63) is 23.9 Å². The largest absolute Gasteiger partial charge is 0.390 e. The highest BCUT2D eigenvalue weighted by atomic mass is 16.3. The fraction of sp³-hybridized carbons (Fsp3) is 0.545. The van der Waals surface area contributed by atoms with Crippen LogP contribution in [0.25, 0.3) is 0 Å². The van der Waals surface area contributed by atoms with Crippen LogP contribution in [0.15, 0.2) is 18.3 Å². The maximum Gasteiger partial charge on any atom is 0.123 e. The summed E-state index contributed by atoms with van der Waals surface area (Å²) in [5.41, 5.74) is 5.96. The summed E-state index contributed by atoms with van der Waals surface area (Å²) in [5.74, 6) is 0.509. The van der Waals surface area contributed by atoms with Crippen molar-refractivity contribution in [1.29, 1.82) is 0 Å². The number of aliphatic hydroxyl groups is 1. The van der Waals surface area contributed by atoms with Crippen molar-refractivity contribution in [2.75, 3.05) is 5.73 Å². The van der Waals surface area contributed by atoms with E-state index in [0.29, 0.717) is 12.2 Å². The Balaban J connectivity index is 2.68. The molecule has 0 aromatic carbocycles. The minimum Gasteiger partial charge on any atom is -0.390 e. The third kappa shape index (κ3) is 3.34. The van der Waals surface area contributed by atoms with Crippen molar-refractivity contribution in [2.45, 2.75) is 38.7 Å². The lowest BCUT2D eigenvalue weighted by atomic mass is 9.93. The molecule has 1 aromatic heterocycles. The number of hydrogen-bond donors (Lipinski definition) is 2. The van der Waals surface area contributed by atoms with Crippen molar-refractivity contribution in [3.63, 3.8) is 0 Å². The van der Waals surface area contributed by atoms with E-state index in [-0.39, 0.29) is 0 Å². The van der Waals surface area contributed by atoms with Gasteiger partial charge in [0.15, 0.2) is 0 Å². The van der Waals surface area contributed by atoms with E-state index in [4.69, 9.17) is 5.73 Å². The van der Waals surface area contributed by atoms with E-state index in [2.05, 4.69) is 11.9 Å². The molecule has 0 saturated heterocycles. The van der Waals surface area contributed by atoms with Crippen LogP contribution in [0.1, 0.15) is 32.3 Å². The monoisotopic (exact) mass is 194 g/mol. The minimum absolute atomic E-state index is 0.509. The summed E-state index contributed by atoms with van der Waals surface area (Å²) < 4.78 is 0. The van der Waals surface area contributed by atoms with Gasteiger partial charge in [-0.3, -0.25) is 0 Å². The van der Waals surface area contributed by atoms with Crippen molar-refractivity contribution in [2.24, 2.45) is 0 Å². The molecule has 14 heavy (non-hydrogen) atoms. The predicted molar refractivity (Wildman–Crippen MR) is 57.9 cm³/mol. The van der Waals surface area contributed by atoms with E-state index >= 15 is 0 Å². The average molecular weight is 194 g/mol. The first kappa shape index (κ1) is 11.0. The van der Waals surface area contributed by atoms with Crippen LogP contribution in [-0.2, 0) is 6.42 Å². The number of rotatable bonds is 4. The van der Waals surface area contributed by atoms with Crippen LogP contribution < -0.4 is 5.73 Å². The maximum atomic E-state index is 10.00. The van der Waals surface area contributed by atoms with E-state index in [9.17, 15) is 5.11 Å². The molecule has 1 atom stereocenters. The van der Waals surface area contributed by atoms with E-state index in [1.807, 2.05) is 19.1 Å². The Morgan fingerprint density at radius 3 is 2.86 bits per heavy atom. The second-order valence-electron chi connectivity index (χ2n) is 4.01. The highest BCUT2D eigenvalue weighted by Crippen LogP contribution is 2.18. The molecule has 0 radical (unpaired) electrons. The normalized spacial score (nSPS) is 15.1. The van der Waals surface area contributed by atoms with Crippen molar-refractivity contribution < 1.29 is 5.11 Å². The first-order valence-electron chi connectivity index (χ1n) is 4.96. The summed E-state index contributed by atoms with van der Waals surface area (Å²) in [4.78, 5) is 3.91. The Morgan fingerprint density at radius 2 is 2.29 bits per heavy atom. The number of nitrogen functional groups attached to an aromatic ring is 1. The number of hydrogen-bond acceptors (Lipinski definition) is 3. The third-order valence-electron chi connectivity index (χ3n) is 2.22. The highest BCUT2D eigenvalue weighted by Gasteiger charge is 2.19. The SMILES string of the molecule is CCCC(C)(O)Cc1ccnc(N)c1. The number of pyridine rings is 1. The van der Waals surface area contributed by atoms with Crippen LogP contribution in [0.5, 0.6) is 0 Å². The predicted octanol–water partition coefficient (Wildman–Crippen LogP) is 1.76. The minimum atomic E-state index is -0.636. The van der Waals surface area contributed by atoms with Gasteiger partial charge in [0.05, 0.1) is 5.60 Å². The summed E-state index contributed by atoms with van der Waals surface area (Å²) in [6.45, 7) is 3.92. The summed E-state index contributed by atoms with van der Waals surface area (Å²) in [6.07, 6.45) is 4.09. The molecule has 0 bridgehead atoms. The second kappa shape index (κ2) is 4.42. The van der Waals surface area contributed by atoms with Gasteiger partial charge in [0, 0.05) is 12.6 Å². The molecule has 3 heteroatoms. The lowest BCUT2D eigenvalue weighted by molar-refractivity contribution is 0.0505. The molecule has 0 amide bonds. The molecule has 0 aliphatic carbocycles. The van der Waals surface area contributed by atoms with Gasteiger partial charge in [-0.15, -0.1) is 0 Å². The standard InChI is InChI=1S/C11H18N2O/c1-3-5-11(2,14)8-9-4-6-13-10(12)7-9/h4,6-7,14H,3,5,8H2,1-2H3,(H2,12,13). The molecule has 0 fully saturated rings. The topological polar surface area (TPSA) is 59.1 Å². The van der Waals surface area contributed by atoms with Crippen LogP contribution in [0, 0.1) is 0 Å². The summed E-state index contributed by atoms with van der Waals surface area (Å²) >= 11 is 0. The number of anilines is 1. The van der Waals surface area contributed by atoms with Gasteiger partial charge < -0.3 is 10.8 Å². The van der Waals surface area contributed by atoms with Gasteiger partial charge >= 0.3 is 0 Å². The molecule has 3 N–H and O–H groups in total. The van der Waals surface area contributed by atoms with Crippen molar-refractivity contribution in [1.82, 2.24) is 4.98 Å². The molecule has 1 aromatic rings.